The molecule has 0 aromatic carbocycles. The van der Waals surface area contributed by atoms with Gasteiger partial charge in [-0.2, -0.15) is 4.98 Å². The lowest BCUT2D eigenvalue weighted by Gasteiger charge is -2.16. The molecule has 0 bridgehead atoms. The fourth-order valence-electron chi connectivity index (χ4n) is 1.66. The van der Waals surface area contributed by atoms with Crippen LogP contribution >= 0.6 is 0 Å². The average Bonchev–Trinajstić information content (AvgIpc) is 2.35. The van der Waals surface area contributed by atoms with Gasteiger partial charge in [-0.1, -0.05) is 20.3 Å². The Bertz CT molecular complexity index is 357. The number of nitrogens with two attached hydrogens (primary N) is 1. The molecule has 1 aromatic rings. The highest BCUT2D eigenvalue weighted by molar-refractivity contribution is 5.31. The summed E-state index contributed by atoms with van der Waals surface area (Å²) in [5.41, 5.74) is 6.61. The Balaban J connectivity index is 2.71. The van der Waals surface area contributed by atoms with E-state index in [1.54, 1.807) is 0 Å². The first-order chi connectivity index (χ1) is 8.69. The minimum Gasteiger partial charge on any atom is -0.478 e. The fourth-order valence-corrected chi connectivity index (χ4v) is 1.66. The highest BCUT2D eigenvalue weighted by Crippen LogP contribution is 2.13. The fraction of sp³-hybridized carbons (Fsp3) is 0.692. The van der Waals surface area contributed by atoms with Gasteiger partial charge in [-0.15, -0.1) is 0 Å². The highest BCUT2D eigenvalue weighted by Gasteiger charge is 2.09. The topological polar surface area (TPSA) is 73.1 Å². The third-order valence-corrected chi connectivity index (χ3v) is 2.54. The molecule has 0 aliphatic carbocycles. The molecular weight excluding hydrogens is 228 g/mol. The zero-order valence-electron chi connectivity index (χ0n) is 11.6. The van der Waals surface area contributed by atoms with E-state index in [2.05, 4.69) is 29.1 Å². The Kier molecular flexibility index (Phi) is 6.43. The molecule has 1 aromatic heterocycles. The van der Waals surface area contributed by atoms with Gasteiger partial charge >= 0.3 is 0 Å². The molecule has 0 radical (unpaired) electrons. The van der Waals surface area contributed by atoms with Crippen molar-refractivity contribution < 1.29 is 4.74 Å². The van der Waals surface area contributed by atoms with Crippen LogP contribution in [0.25, 0.3) is 0 Å². The van der Waals surface area contributed by atoms with Crippen molar-refractivity contribution in [2.45, 2.75) is 46.1 Å². The molecule has 1 unspecified atom stereocenters. The molecule has 0 fully saturated rings. The number of aryl methyl sites for hydroxylation is 1. The van der Waals surface area contributed by atoms with Crippen LogP contribution in [0.5, 0.6) is 5.88 Å². The molecule has 102 valence electrons. The van der Waals surface area contributed by atoms with Gasteiger partial charge in [0.15, 0.2) is 0 Å². The summed E-state index contributed by atoms with van der Waals surface area (Å²) in [5.74, 6) is 1.23. The van der Waals surface area contributed by atoms with Gasteiger partial charge in [-0.25, -0.2) is 4.98 Å². The van der Waals surface area contributed by atoms with Crippen LogP contribution in [0.4, 0.5) is 5.95 Å². The summed E-state index contributed by atoms with van der Waals surface area (Å²) >= 11 is 0. The maximum absolute atomic E-state index is 5.71. The minimum atomic E-state index is 0.218. The standard InChI is InChI=1S/C13H24N4O/c1-4-6-11(9-14)16-13-15-10(3)8-12(17-13)18-7-5-2/h8,11H,4-7,9,14H2,1-3H3,(H,15,16,17). The van der Waals surface area contributed by atoms with Gasteiger partial charge in [0.05, 0.1) is 6.61 Å². The van der Waals surface area contributed by atoms with Gasteiger partial charge in [-0.3, -0.25) is 0 Å². The van der Waals surface area contributed by atoms with E-state index >= 15 is 0 Å². The quantitative estimate of drug-likeness (QED) is 0.741. The largest absolute Gasteiger partial charge is 0.478 e. The summed E-state index contributed by atoms with van der Waals surface area (Å²) in [7, 11) is 0. The van der Waals surface area contributed by atoms with Crippen molar-refractivity contribution in [3.05, 3.63) is 11.8 Å². The molecule has 0 aliphatic rings. The van der Waals surface area contributed by atoms with Crippen molar-refractivity contribution in [1.82, 2.24) is 9.97 Å². The van der Waals surface area contributed by atoms with Gasteiger partial charge in [0.1, 0.15) is 0 Å². The Morgan fingerprint density at radius 2 is 2.11 bits per heavy atom. The van der Waals surface area contributed by atoms with Crippen LogP contribution in [0, 0.1) is 6.92 Å². The maximum Gasteiger partial charge on any atom is 0.226 e. The lowest BCUT2D eigenvalue weighted by molar-refractivity contribution is 0.304. The first kappa shape index (κ1) is 14.7. The predicted octanol–water partition coefficient (Wildman–Crippen LogP) is 2.11. The molecular formula is C13H24N4O. The zero-order chi connectivity index (χ0) is 13.4. The number of ether oxygens (including phenoxy) is 1. The van der Waals surface area contributed by atoms with Gasteiger partial charge in [0.2, 0.25) is 11.8 Å². The van der Waals surface area contributed by atoms with E-state index in [9.17, 15) is 0 Å². The number of rotatable bonds is 8. The van der Waals surface area contributed by atoms with E-state index in [1.165, 1.54) is 0 Å². The summed E-state index contributed by atoms with van der Waals surface area (Å²) in [6.07, 6.45) is 3.06. The molecule has 0 spiro atoms. The number of nitrogens with zero attached hydrogens (tertiary/aromatic N) is 2. The van der Waals surface area contributed by atoms with Crippen molar-refractivity contribution in [1.29, 1.82) is 0 Å². The second kappa shape index (κ2) is 7.87. The van der Waals surface area contributed by atoms with Gasteiger partial charge in [0, 0.05) is 24.3 Å². The minimum absolute atomic E-state index is 0.218. The third kappa shape index (κ3) is 4.87. The SMILES string of the molecule is CCCOc1cc(C)nc(NC(CN)CCC)n1. The molecule has 0 amide bonds. The summed E-state index contributed by atoms with van der Waals surface area (Å²) in [6, 6.07) is 2.06. The maximum atomic E-state index is 5.71. The zero-order valence-corrected chi connectivity index (χ0v) is 11.6. The normalized spacial score (nSPS) is 12.2. The average molecular weight is 252 g/mol. The van der Waals surface area contributed by atoms with Crippen molar-refractivity contribution in [2.24, 2.45) is 5.73 Å². The Hall–Kier alpha value is -1.36. The predicted molar refractivity (Wildman–Crippen MR) is 73.9 cm³/mol. The second-order valence-electron chi connectivity index (χ2n) is 4.39. The number of hydrogen-bond acceptors (Lipinski definition) is 5. The van der Waals surface area contributed by atoms with Gasteiger partial charge in [-0.05, 0) is 19.8 Å². The number of aromatic nitrogens is 2. The highest BCUT2D eigenvalue weighted by atomic mass is 16.5. The molecule has 18 heavy (non-hydrogen) atoms. The third-order valence-electron chi connectivity index (χ3n) is 2.54. The van der Waals surface area contributed by atoms with E-state index in [-0.39, 0.29) is 6.04 Å². The molecule has 3 N–H and O–H groups in total. The molecule has 0 aliphatic heterocycles. The summed E-state index contributed by atoms with van der Waals surface area (Å²) < 4.78 is 5.53. The number of nitrogens with one attached hydrogen (secondary N) is 1. The lowest BCUT2D eigenvalue weighted by atomic mass is 10.2. The van der Waals surface area contributed by atoms with Crippen molar-refractivity contribution in [3.63, 3.8) is 0 Å². The van der Waals surface area contributed by atoms with Crippen molar-refractivity contribution >= 4 is 5.95 Å². The molecule has 5 nitrogen and oxygen atoms in total. The lowest BCUT2D eigenvalue weighted by Crippen LogP contribution is -2.29. The molecule has 0 saturated heterocycles. The van der Waals surface area contributed by atoms with Crippen LogP contribution in [0.3, 0.4) is 0 Å². The van der Waals surface area contributed by atoms with Crippen LogP contribution < -0.4 is 15.8 Å². The number of hydrogen-bond donors (Lipinski definition) is 2. The molecule has 1 rings (SSSR count). The van der Waals surface area contributed by atoms with Crippen LogP contribution in [-0.2, 0) is 0 Å². The van der Waals surface area contributed by atoms with E-state index in [0.717, 1.165) is 25.0 Å². The molecule has 5 heteroatoms. The van der Waals surface area contributed by atoms with Crippen LogP contribution in [0.15, 0.2) is 6.07 Å². The van der Waals surface area contributed by atoms with Gasteiger partial charge < -0.3 is 15.8 Å². The summed E-state index contributed by atoms with van der Waals surface area (Å²) in [6.45, 7) is 7.39. The Morgan fingerprint density at radius 1 is 1.33 bits per heavy atom. The van der Waals surface area contributed by atoms with E-state index in [4.69, 9.17) is 10.5 Å². The summed E-state index contributed by atoms with van der Waals surface area (Å²) in [4.78, 5) is 8.70. The first-order valence-electron chi connectivity index (χ1n) is 6.64. The second-order valence-corrected chi connectivity index (χ2v) is 4.39. The van der Waals surface area contributed by atoms with Crippen LogP contribution in [0.1, 0.15) is 38.8 Å². The smallest absolute Gasteiger partial charge is 0.226 e. The van der Waals surface area contributed by atoms with E-state index in [1.807, 2.05) is 13.0 Å². The van der Waals surface area contributed by atoms with E-state index < -0.39 is 0 Å². The molecule has 0 saturated carbocycles. The van der Waals surface area contributed by atoms with Crippen molar-refractivity contribution in [3.8, 4) is 5.88 Å². The Morgan fingerprint density at radius 3 is 2.72 bits per heavy atom. The first-order valence-corrected chi connectivity index (χ1v) is 6.64. The monoisotopic (exact) mass is 252 g/mol. The van der Waals surface area contributed by atoms with Crippen LogP contribution in [-0.4, -0.2) is 29.2 Å². The molecule has 1 atom stereocenters. The Labute approximate surface area is 109 Å². The van der Waals surface area contributed by atoms with Crippen molar-refractivity contribution in [2.75, 3.05) is 18.5 Å². The molecule has 1 heterocycles. The number of anilines is 1. The van der Waals surface area contributed by atoms with Crippen LogP contribution in [0.2, 0.25) is 0 Å². The van der Waals surface area contributed by atoms with E-state index in [0.29, 0.717) is 25.0 Å². The van der Waals surface area contributed by atoms with Gasteiger partial charge in [0.25, 0.3) is 0 Å². The summed E-state index contributed by atoms with van der Waals surface area (Å²) in [5, 5.41) is 3.26.